The van der Waals surface area contributed by atoms with Gasteiger partial charge in [-0.25, -0.2) is 9.38 Å². The summed E-state index contributed by atoms with van der Waals surface area (Å²) in [7, 11) is 2.11. The molecular weight excluding hydrogens is 423 g/mol. The third-order valence-corrected chi connectivity index (χ3v) is 6.46. The first-order valence-electron chi connectivity index (χ1n) is 9.76. The molecule has 1 saturated heterocycles. The Morgan fingerprint density at radius 1 is 1.20 bits per heavy atom. The second kappa shape index (κ2) is 8.88. The number of piperidine rings is 1. The SMILES string of the molecule is CN1CCC2(CC1)N=C(SCC(=O)Nc1ccc(F)c(Cl)c1)C(c1ccccc1)=N2. The number of aliphatic imine (C=N–C) groups is 2. The lowest BCUT2D eigenvalue weighted by molar-refractivity contribution is -0.113. The van der Waals surface area contributed by atoms with Crippen LogP contribution in [0.15, 0.2) is 58.5 Å². The number of carbonyl (C=O) groups is 1. The predicted octanol–water partition coefficient (Wildman–Crippen LogP) is 4.47. The van der Waals surface area contributed by atoms with E-state index in [-0.39, 0.29) is 16.7 Å². The number of likely N-dealkylation sites (tertiary alicyclic amines) is 1. The van der Waals surface area contributed by atoms with Gasteiger partial charge in [0.25, 0.3) is 0 Å². The monoisotopic (exact) mass is 444 g/mol. The lowest BCUT2D eigenvalue weighted by Gasteiger charge is -2.33. The molecule has 0 saturated carbocycles. The minimum Gasteiger partial charge on any atom is -0.325 e. The van der Waals surface area contributed by atoms with Crippen LogP contribution < -0.4 is 5.32 Å². The lowest BCUT2D eigenvalue weighted by atomic mass is 9.99. The molecule has 1 spiro atoms. The number of carbonyl (C=O) groups excluding carboxylic acids is 1. The van der Waals surface area contributed by atoms with Crippen molar-refractivity contribution >= 4 is 45.7 Å². The van der Waals surface area contributed by atoms with Crippen LogP contribution >= 0.6 is 23.4 Å². The number of halogens is 2. The number of hydrogen-bond acceptors (Lipinski definition) is 5. The first-order chi connectivity index (χ1) is 14.4. The van der Waals surface area contributed by atoms with E-state index >= 15 is 0 Å². The molecule has 2 aromatic carbocycles. The van der Waals surface area contributed by atoms with Crippen LogP contribution in [0.5, 0.6) is 0 Å². The van der Waals surface area contributed by atoms with Crippen LogP contribution in [0.25, 0.3) is 0 Å². The Morgan fingerprint density at radius 3 is 2.63 bits per heavy atom. The van der Waals surface area contributed by atoms with Gasteiger partial charge < -0.3 is 10.2 Å². The summed E-state index contributed by atoms with van der Waals surface area (Å²) in [5.74, 6) is -0.547. The Labute approximate surface area is 184 Å². The van der Waals surface area contributed by atoms with Gasteiger partial charge in [-0.05, 0) is 25.2 Å². The van der Waals surface area contributed by atoms with Crippen molar-refractivity contribution in [3.8, 4) is 0 Å². The Kier molecular flexibility index (Phi) is 6.22. The van der Waals surface area contributed by atoms with E-state index in [1.54, 1.807) is 0 Å². The summed E-state index contributed by atoms with van der Waals surface area (Å²) in [6, 6.07) is 14.1. The molecule has 8 heteroatoms. The average Bonchev–Trinajstić information content (AvgIpc) is 3.11. The average molecular weight is 445 g/mol. The van der Waals surface area contributed by atoms with E-state index in [4.69, 9.17) is 21.6 Å². The number of anilines is 1. The van der Waals surface area contributed by atoms with Gasteiger partial charge in [0.2, 0.25) is 5.91 Å². The van der Waals surface area contributed by atoms with E-state index in [0.717, 1.165) is 42.3 Å². The van der Waals surface area contributed by atoms with Crippen molar-refractivity contribution in [2.75, 3.05) is 31.2 Å². The zero-order valence-corrected chi connectivity index (χ0v) is 18.1. The molecule has 2 aliphatic rings. The predicted molar refractivity (Wildman–Crippen MR) is 122 cm³/mol. The molecular formula is C22H22ClFN4OS. The highest BCUT2D eigenvalue weighted by molar-refractivity contribution is 8.16. The zero-order valence-electron chi connectivity index (χ0n) is 16.6. The summed E-state index contributed by atoms with van der Waals surface area (Å²) in [5, 5.41) is 3.52. The van der Waals surface area contributed by atoms with Crippen molar-refractivity contribution in [1.82, 2.24) is 4.90 Å². The molecule has 1 amide bonds. The maximum atomic E-state index is 13.3. The number of nitrogens with zero attached hydrogens (tertiary/aromatic N) is 3. The van der Waals surface area contributed by atoms with Crippen LogP contribution in [0.4, 0.5) is 10.1 Å². The fraction of sp³-hybridized carbons (Fsp3) is 0.318. The Morgan fingerprint density at radius 2 is 1.93 bits per heavy atom. The van der Waals surface area contributed by atoms with Gasteiger partial charge in [0.05, 0.1) is 16.5 Å². The van der Waals surface area contributed by atoms with Crippen molar-refractivity contribution < 1.29 is 9.18 Å². The normalized spacial score (nSPS) is 18.2. The molecule has 4 rings (SSSR count). The Balaban J connectivity index is 1.48. The van der Waals surface area contributed by atoms with E-state index in [9.17, 15) is 9.18 Å². The minimum absolute atomic E-state index is 0.0247. The molecule has 5 nitrogen and oxygen atoms in total. The second-order valence-corrected chi connectivity index (χ2v) is 8.87. The molecule has 2 aliphatic heterocycles. The molecule has 1 fully saturated rings. The smallest absolute Gasteiger partial charge is 0.234 e. The third-order valence-electron chi connectivity index (χ3n) is 5.21. The van der Waals surface area contributed by atoms with Gasteiger partial charge in [0.1, 0.15) is 10.9 Å². The number of amides is 1. The maximum Gasteiger partial charge on any atom is 0.234 e. The molecule has 0 unspecified atom stereocenters. The molecule has 0 aliphatic carbocycles. The minimum atomic E-state index is -0.517. The van der Waals surface area contributed by atoms with Crippen molar-refractivity contribution in [2.45, 2.75) is 18.5 Å². The maximum absolute atomic E-state index is 13.3. The number of rotatable bonds is 4. The summed E-state index contributed by atoms with van der Waals surface area (Å²) in [6.07, 6.45) is 1.73. The van der Waals surface area contributed by atoms with Crippen LogP contribution in [0.2, 0.25) is 5.02 Å². The van der Waals surface area contributed by atoms with Crippen LogP contribution in [-0.4, -0.2) is 53.1 Å². The van der Waals surface area contributed by atoms with E-state index in [2.05, 4.69) is 17.3 Å². The van der Waals surface area contributed by atoms with Gasteiger partial charge in [-0.3, -0.25) is 9.79 Å². The standard InChI is InChI=1S/C22H22ClFN4OS/c1-28-11-9-22(10-12-28)26-20(15-5-3-2-4-6-15)21(27-22)30-14-19(29)25-16-7-8-18(24)17(23)13-16/h2-8,13H,9-12,14H2,1H3,(H,25,29). The van der Waals surface area contributed by atoms with Gasteiger partial charge in [0.15, 0.2) is 5.66 Å². The summed E-state index contributed by atoms with van der Waals surface area (Å²) in [5.41, 5.74) is 1.89. The molecule has 2 aromatic rings. The van der Waals surface area contributed by atoms with Crippen LogP contribution in [-0.2, 0) is 4.79 Å². The fourth-order valence-corrected chi connectivity index (χ4v) is 4.57. The number of benzene rings is 2. The first kappa shape index (κ1) is 21.0. The largest absolute Gasteiger partial charge is 0.325 e. The quantitative estimate of drug-likeness (QED) is 0.756. The summed E-state index contributed by atoms with van der Waals surface area (Å²) in [4.78, 5) is 24.7. The molecule has 30 heavy (non-hydrogen) atoms. The van der Waals surface area contributed by atoms with E-state index < -0.39 is 11.5 Å². The summed E-state index contributed by atoms with van der Waals surface area (Å²) >= 11 is 7.16. The molecule has 0 bridgehead atoms. The lowest BCUT2D eigenvalue weighted by Crippen LogP contribution is -2.39. The van der Waals surface area contributed by atoms with Gasteiger partial charge in [-0.15, -0.1) is 0 Å². The second-order valence-electron chi connectivity index (χ2n) is 7.49. The summed E-state index contributed by atoms with van der Waals surface area (Å²) in [6.45, 7) is 1.89. The van der Waals surface area contributed by atoms with Gasteiger partial charge >= 0.3 is 0 Å². The van der Waals surface area contributed by atoms with Gasteiger partial charge in [-0.1, -0.05) is 53.7 Å². The first-order valence-corrected chi connectivity index (χ1v) is 11.1. The van der Waals surface area contributed by atoms with E-state index in [0.29, 0.717) is 5.69 Å². The number of nitrogens with one attached hydrogen (secondary N) is 1. The zero-order chi connectivity index (χ0) is 21.1. The topological polar surface area (TPSA) is 57.1 Å². The van der Waals surface area contributed by atoms with E-state index in [1.807, 2.05) is 30.3 Å². The number of hydrogen-bond donors (Lipinski definition) is 1. The molecule has 0 atom stereocenters. The highest BCUT2D eigenvalue weighted by Crippen LogP contribution is 2.35. The van der Waals surface area contributed by atoms with Crippen LogP contribution in [0.1, 0.15) is 18.4 Å². The molecule has 1 N–H and O–H groups in total. The summed E-state index contributed by atoms with van der Waals surface area (Å²) < 4.78 is 13.3. The Hall–Kier alpha value is -2.22. The Bertz CT molecular complexity index is 1000. The fourth-order valence-electron chi connectivity index (χ4n) is 3.51. The molecule has 0 radical (unpaired) electrons. The van der Waals surface area contributed by atoms with E-state index in [1.165, 1.54) is 30.0 Å². The van der Waals surface area contributed by atoms with Crippen molar-refractivity contribution in [2.24, 2.45) is 9.98 Å². The molecule has 0 aromatic heterocycles. The molecule has 2 heterocycles. The highest BCUT2D eigenvalue weighted by atomic mass is 35.5. The van der Waals surface area contributed by atoms with Crippen molar-refractivity contribution in [1.29, 1.82) is 0 Å². The van der Waals surface area contributed by atoms with Gasteiger partial charge in [-0.2, -0.15) is 0 Å². The van der Waals surface area contributed by atoms with Gasteiger partial charge in [0, 0.05) is 37.2 Å². The van der Waals surface area contributed by atoms with Crippen LogP contribution in [0.3, 0.4) is 0 Å². The molecule has 156 valence electrons. The third kappa shape index (κ3) is 4.74. The number of thioether (sulfide) groups is 1. The van der Waals surface area contributed by atoms with Crippen LogP contribution in [0, 0.1) is 5.82 Å². The van der Waals surface area contributed by atoms with Crippen molar-refractivity contribution in [3.63, 3.8) is 0 Å². The highest BCUT2D eigenvalue weighted by Gasteiger charge is 2.39. The van der Waals surface area contributed by atoms with Crippen molar-refractivity contribution in [3.05, 3.63) is 64.9 Å².